The summed E-state index contributed by atoms with van der Waals surface area (Å²) in [7, 11) is 0. The van der Waals surface area contributed by atoms with Gasteiger partial charge in [0.05, 0.1) is 4.88 Å². The van der Waals surface area contributed by atoms with Crippen molar-refractivity contribution in [3.63, 3.8) is 0 Å². The molecule has 0 spiro atoms. The van der Waals surface area contributed by atoms with E-state index in [2.05, 4.69) is 10.9 Å². The van der Waals surface area contributed by atoms with Crippen molar-refractivity contribution in [2.45, 2.75) is 0 Å². The molecule has 0 saturated carbocycles. The smallest absolute Gasteiger partial charge is 0.268 e. The lowest BCUT2D eigenvalue weighted by molar-refractivity contribution is -0.117. The Kier molecular flexibility index (Phi) is 4.92. The molecule has 20 heavy (non-hydrogen) atoms. The van der Waals surface area contributed by atoms with Crippen LogP contribution in [0.2, 0.25) is 5.02 Å². The van der Waals surface area contributed by atoms with E-state index in [1.165, 1.54) is 17.4 Å². The number of halogens is 1. The predicted octanol–water partition coefficient (Wildman–Crippen LogP) is 2.88. The Morgan fingerprint density at radius 3 is 2.70 bits per heavy atom. The standard InChI is InChI=1S/C14H11ClN2O2S/c15-11-4-1-3-10(9-11)6-7-13(18)16-17-14(19)12-5-2-8-20-12/h1-9H,(H,16,18)(H,17,19)/b7-6+. The number of benzene rings is 1. The summed E-state index contributed by atoms with van der Waals surface area (Å²) in [5, 5.41) is 2.38. The highest BCUT2D eigenvalue weighted by Crippen LogP contribution is 2.11. The molecule has 0 bridgehead atoms. The van der Waals surface area contributed by atoms with Crippen molar-refractivity contribution >= 4 is 40.8 Å². The van der Waals surface area contributed by atoms with E-state index in [1.54, 1.807) is 41.8 Å². The molecule has 102 valence electrons. The topological polar surface area (TPSA) is 58.2 Å². The molecule has 0 saturated heterocycles. The van der Waals surface area contributed by atoms with Crippen LogP contribution in [0.4, 0.5) is 0 Å². The van der Waals surface area contributed by atoms with Crippen LogP contribution in [0.5, 0.6) is 0 Å². The molecule has 2 aromatic rings. The maximum Gasteiger partial charge on any atom is 0.279 e. The van der Waals surface area contributed by atoms with E-state index < -0.39 is 5.91 Å². The summed E-state index contributed by atoms with van der Waals surface area (Å²) in [4.78, 5) is 23.6. The fourth-order valence-corrected chi connectivity index (χ4v) is 2.23. The van der Waals surface area contributed by atoms with Gasteiger partial charge in [-0.3, -0.25) is 20.4 Å². The minimum atomic E-state index is -0.421. The highest BCUT2D eigenvalue weighted by molar-refractivity contribution is 7.12. The highest BCUT2D eigenvalue weighted by Gasteiger charge is 2.06. The van der Waals surface area contributed by atoms with Crippen LogP contribution in [0.3, 0.4) is 0 Å². The highest BCUT2D eigenvalue weighted by atomic mass is 35.5. The molecule has 2 rings (SSSR count). The number of carbonyl (C=O) groups is 2. The molecule has 1 heterocycles. The van der Waals surface area contributed by atoms with Crippen LogP contribution in [0.25, 0.3) is 6.08 Å². The number of hydrogen-bond acceptors (Lipinski definition) is 3. The second kappa shape index (κ2) is 6.88. The monoisotopic (exact) mass is 306 g/mol. The first-order valence-corrected chi connectivity index (χ1v) is 6.98. The van der Waals surface area contributed by atoms with Gasteiger partial charge in [-0.15, -0.1) is 11.3 Å². The first kappa shape index (κ1) is 14.3. The summed E-state index contributed by atoms with van der Waals surface area (Å²) in [5.74, 6) is -0.764. The molecule has 2 amide bonds. The summed E-state index contributed by atoms with van der Waals surface area (Å²) in [6, 6.07) is 10.5. The van der Waals surface area contributed by atoms with E-state index in [-0.39, 0.29) is 5.91 Å². The average molecular weight is 307 g/mol. The minimum absolute atomic E-state index is 0.343. The molecule has 0 atom stereocenters. The van der Waals surface area contributed by atoms with Gasteiger partial charge >= 0.3 is 0 Å². The second-order valence-corrected chi connectivity index (χ2v) is 5.19. The largest absolute Gasteiger partial charge is 0.279 e. The zero-order valence-electron chi connectivity index (χ0n) is 10.3. The van der Waals surface area contributed by atoms with Crippen LogP contribution < -0.4 is 10.9 Å². The van der Waals surface area contributed by atoms with Gasteiger partial charge in [-0.25, -0.2) is 0 Å². The van der Waals surface area contributed by atoms with Crippen molar-refractivity contribution < 1.29 is 9.59 Å². The van der Waals surface area contributed by atoms with E-state index in [9.17, 15) is 9.59 Å². The van der Waals surface area contributed by atoms with Crippen molar-refractivity contribution in [2.75, 3.05) is 0 Å². The molecule has 0 aliphatic heterocycles. The van der Waals surface area contributed by atoms with Crippen LogP contribution in [0.15, 0.2) is 47.9 Å². The molecule has 6 heteroatoms. The summed E-state index contributed by atoms with van der Waals surface area (Å²) in [5.41, 5.74) is 5.43. The quantitative estimate of drug-likeness (QED) is 0.676. The summed E-state index contributed by atoms with van der Waals surface area (Å²) >= 11 is 7.13. The van der Waals surface area contributed by atoms with E-state index in [1.807, 2.05) is 6.07 Å². The minimum Gasteiger partial charge on any atom is -0.268 e. The molecule has 2 N–H and O–H groups in total. The van der Waals surface area contributed by atoms with Crippen molar-refractivity contribution in [1.82, 2.24) is 10.9 Å². The molecule has 1 aromatic heterocycles. The molecule has 0 radical (unpaired) electrons. The Bertz CT molecular complexity index is 638. The van der Waals surface area contributed by atoms with Crippen LogP contribution in [0.1, 0.15) is 15.2 Å². The van der Waals surface area contributed by atoms with Gasteiger partial charge < -0.3 is 0 Å². The molecular formula is C14H11ClN2O2S. The van der Waals surface area contributed by atoms with Crippen molar-refractivity contribution in [3.8, 4) is 0 Å². The third-order valence-corrected chi connectivity index (χ3v) is 3.42. The van der Waals surface area contributed by atoms with E-state index in [0.29, 0.717) is 9.90 Å². The number of hydrogen-bond donors (Lipinski definition) is 2. The summed E-state index contributed by atoms with van der Waals surface area (Å²) in [6.07, 6.45) is 2.93. The normalized spacial score (nSPS) is 10.4. The fourth-order valence-electron chi connectivity index (χ4n) is 1.41. The van der Waals surface area contributed by atoms with E-state index >= 15 is 0 Å². The van der Waals surface area contributed by atoms with Crippen LogP contribution in [-0.2, 0) is 4.79 Å². The molecule has 0 unspecified atom stereocenters. The molecule has 0 fully saturated rings. The number of thiophene rings is 1. The Morgan fingerprint density at radius 1 is 1.15 bits per heavy atom. The number of amides is 2. The molecule has 4 nitrogen and oxygen atoms in total. The van der Waals surface area contributed by atoms with Crippen molar-refractivity contribution in [3.05, 3.63) is 63.3 Å². The number of rotatable bonds is 3. The lowest BCUT2D eigenvalue weighted by atomic mass is 10.2. The lowest BCUT2D eigenvalue weighted by Crippen LogP contribution is -2.40. The maximum absolute atomic E-state index is 11.6. The molecule has 0 aliphatic rings. The number of carbonyl (C=O) groups excluding carboxylic acids is 2. The van der Waals surface area contributed by atoms with Gasteiger partial charge in [-0.2, -0.15) is 0 Å². The van der Waals surface area contributed by atoms with Crippen LogP contribution >= 0.6 is 22.9 Å². The Balaban J connectivity index is 1.85. The van der Waals surface area contributed by atoms with Crippen LogP contribution in [0, 0.1) is 0 Å². The van der Waals surface area contributed by atoms with Gasteiger partial charge in [0.25, 0.3) is 11.8 Å². The van der Waals surface area contributed by atoms with Gasteiger partial charge in [0.1, 0.15) is 0 Å². The fraction of sp³-hybridized carbons (Fsp3) is 0. The van der Waals surface area contributed by atoms with Crippen molar-refractivity contribution in [1.29, 1.82) is 0 Å². The third-order valence-electron chi connectivity index (χ3n) is 2.32. The lowest BCUT2D eigenvalue weighted by Gasteiger charge is -2.03. The third kappa shape index (κ3) is 4.22. The number of nitrogens with one attached hydrogen (secondary N) is 2. The van der Waals surface area contributed by atoms with Crippen molar-refractivity contribution in [2.24, 2.45) is 0 Å². The van der Waals surface area contributed by atoms with Crippen LogP contribution in [-0.4, -0.2) is 11.8 Å². The van der Waals surface area contributed by atoms with Gasteiger partial charge in [0, 0.05) is 11.1 Å². The second-order valence-electron chi connectivity index (χ2n) is 3.81. The number of hydrazine groups is 1. The first-order valence-electron chi connectivity index (χ1n) is 5.72. The molecule has 1 aromatic carbocycles. The van der Waals surface area contributed by atoms with Gasteiger partial charge in [-0.05, 0) is 35.2 Å². The SMILES string of the molecule is O=C(/C=C/c1cccc(Cl)c1)NNC(=O)c1cccs1. The summed E-state index contributed by atoms with van der Waals surface area (Å²) < 4.78 is 0. The maximum atomic E-state index is 11.6. The average Bonchev–Trinajstić information content (AvgIpc) is 2.97. The van der Waals surface area contributed by atoms with Gasteiger partial charge in [0.15, 0.2) is 0 Å². The molecular weight excluding hydrogens is 296 g/mol. The van der Waals surface area contributed by atoms with Gasteiger partial charge in [0.2, 0.25) is 0 Å². The molecule has 0 aliphatic carbocycles. The first-order chi connectivity index (χ1) is 9.65. The Hall–Kier alpha value is -2.11. The predicted molar refractivity (Wildman–Crippen MR) is 80.4 cm³/mol. The zero-order chi connectivity index (χ0) is 14.4. The Labute approximate surface area is 125 Å². The summed E-state index contributed by atoms with van der Waals surface area (Å²) in [6.45, 7) is 0. The van der Waals surface area contributed by atoms with E-state index in [4.69, 9.17) is 11.6 Å². The van der Waals surface area contributed by atoms with E-state index in [0.717, 1.165) is 5.56 Å². The zero-order valence-corrected chi connectivity index (χ0v) is 11.9. The Morgan fingerprint density at radius 2 is 2.00 bits per heavy atom. The van der Waals surface area contributed by atoms with Gasteiger partial charge in [-0.1, -0.05) is 29.8 Å².